The van der Waals surface area contributed by atoms with Crippen molar-refractivity contribution < 1.29 is 4.39 Å². The molecule has 0 spiro atoms. The maximum atomic E-state index is 12.7. The van der Waals surface area contributed by atoms with Crippen LogP contribution in [0, 0.1) is 11.4 Å². The summed E-state index contributed by atoms with van der Waals surface area (Å²) in [5.41, 5.74) is 1.23. The van der Waals surface area contributed by atoms with Crippen LogP contribution < -0.4 is 5.32 Å². The fourth-order valence-corrected chi connectivity index (χ4v) is 2.42. The van der Waals surface area contributed by atoms with Gasteiger partial charge in [0.1, 0.15) is 0 Å². The Morgan fingerprint density at radius 1 is 1.38 bits per heavy atom. The zero-order chi connectivity index (χ0) is 11.6. The molecule has 0 amide bonds. The standard InChI is InChI=1S/C13H19FN2/c1-13(2)8-4-3-5-11(13)16-10-6-7-12(14)15-9-10/h6-7,9,11,16H,3-5,8H2,1-2H3. The van der Waals surface area contributed by atoms with Gasteiger partial charge in [-0.2, -0.15) is 4.39 Å². The Hall–Kier alpha value is -1.12. The molecule has 16 heavy (non-hydrogen) atoms. The van der Waals surface area contributed by atoms with Crippen LogP contribution in [0.1, 0.15) is 39.5 Å². The molecule has 1 saturated carbocycles. The number of hydrogen-bond acceptors (Lipinski definition) is 2. The predicted molar refractivity (Wildman–Crippen MR) is 63.9 cm³/mol. The van der Waals surface area contributed by atoms with Gasteiger partial charge in [-0.3, -0.25) is 0 Å². The minimum absolute atomic E-state index is 0.312. The van der Waals surface area contributed by atoms with Crippen molar-refractivity contribution in [2.24, 2.45) is 5.41 Å². The van der Waals surface area contributed by atoms with Crippen LogP contribution in [0.4, 0.5) is 10.1 Å². The van der Waals surface area contributed by atoms with Crippen LogP contribution in [0.25, 0.3) is 0 Å². The van der Waals surface area contributed by atoms with E-state index in [9.17, 15) is 4.39 Å². The smallest absolute Gasteiger partial charge is 0.212 e. The maximum absolute atomic E-state index is 12.7. The molecule has 0 aliphatic heterocycles. The quantitative estimate of drug-likeness (QED) is 0.773. The van der Waals surface area contributed by atoms with E-state index in [-0.39, 0.29) is 0 Å². The van der Waals surface area contributed by atoms with Gasteiger partial charge in [-0.15, -0.1) is 0 Å². The first-order valence-corrected chi connectivity index (χ1v) is 5.96. The van der Waals surface area contributed by atoms with Gasteiger partial charge in [-0.05, 0) is 30.4 Å². The number of rotatable bonds is 2. The molecular weight excluding hydrogens is 203 g/mol. The van der Waals surface area contributed by atoms with Crippen molar-refractivity contribution in [3.63, 3.8) is 0 Å². The van der Waals surface area contributed by atoms with E-state index in [1.807, 2.05) is 0 Å². The Labute approximate surface area is 96.3 Å². The molecule has 0 aromatic carbocycles. The third kappa shape index (κ3) is 2.52. The highest BCUT2D eigenvalue weighted by atomic mass is 19.1. The number of aromatic nitrogens is 1. The topological polar surface area (TPSA) is 24.9 Å². The third-order valence-electron chi connectivity index (χ3n) is 3.58. The average Bonchev–Trinajstić information content (AvgIpc) is 2.24. The highest BCUT2D eigenvalue weighted by Gasteiger charge is 2.31. The lowest BCUT2D eigenvalue weighted by molar-refractivity contribution is 0.217. The molecule has 3 heteroatoms. The third-order valence-corrected chi connectivity index (χ3v) is 3.58. The first kappa shape index (κ1) is 11.4. The zero-order valence-electron chi connectivity index (χ0n) is 9.96. The summed E-state index contributed by atoms with van der Waals surface area (Å²) < 4.78 is 12.7. The Bertz CT molecular complexity index is 345. The van der Waals surface area contributed by atoms with Gasteiger partial charge in [-0.25, -0.2) is 4.98 Å². The van der Waals surface area contributed by atoms with Gasteiger partial charge >= 0.3 is 0 Å². The number of nitrogens with one attached hydrogen (secondary N) is 1. The van der Waals surface area contributed by atoms with E-state index < -0.39 is 5.95 Å². The number of hydrogen-bond donors (Lipinski definition) is 1. The summed E-state index contributed by atoms with van der Waals surface area (Å²) in [7, 11) is 0. The van der Waals surface area contributed by atoms with Crippen molar-refractivity contribution >= 4 is 5.69 Å². The van der Waals surface area contributed by atoms with Gasteiger partial charge < -0.3 is 5.32 Å². The average molecular weight is 222 g/mol. The Kier molecular flexibility index (Phi) is 3.13. The summed E-state index contributed by atoms with van der Waals surface area (Å²) >= 11 is 0. The minimum Gasteiger partial charge on any atom is -0.381 e. The first-order valence-electron chi connectivity index (χ1n) is 5.96. The van der Waals surface area contributed by atoms with E-state index in [2.05, 4.69) is 24.1 Å². The highest BCUT2D eigenvalue weighted by molar-refractivity contribution is 5.41. The molecule has 2 nitrogen and oxygen atoms in total. The van der Waals surface area contributed by atoms with E-state index in [0.717, 1.165) is 5.69 Å². The van der Waals surface area contributed by atoms with Gasteiger partial charge in [0.2, 0.25) is 5.95 Å². The van der Waals surface area contributed by atoms with Crippen molar-refractivity contribution in [1.29, 1.82) is 0 Å². The van der Waals surface area contributed by atoms with E-state index >= 15 is 0 Å². The van der Waals surface area contributed by atoms with Gasteiger partial charge in [0, 0.05) is 6.04 Å². The lowest BCUT2D eigenvalue weighted by Gasteiger charge is -2.39. The molecule has 0 bridgehead atoms. The molecule has 88 valence electrons. The lowest BCUT2D eigenvalue weighted by Crippen LogP contribution is -2.38. The Balaban J connectivity index is 2.05. The van der Waals surface area contributed by atoms with E-state index in [1.54, 1.807) is 12.3 Å². The summed E-state index contributed by atoms with van der Waals surface area (Å²) in [4.78, 5) is 3.66. The molecule has 0 saturated heterocycles. The second-order valence-electron chi connectivity index (χ2n) is 5.30. The van der Waals surface area contributed by atoms with Gasteiger partial charge in [0.15, 0.2) is 0 Å². The molecule has 1 N–H and O–H groups in total. The molecule has 1 unspecified atom stereocenters. The second kappa shape index (κ2) is 4.40. The van der Waals surface area contributed by atoms with Crippen molar-refractivity contribution in [3.8, 4) is 0 Å². The van der Waals surface area contributed by atoms with Gasteiger partial charge in [0.05, 0.1) is 11.9 Å². The first-order chi connectivity index (χ1) is 7.58. The van der Waals surface area contributed by atoms with Crippen LogP contribution in [-0.4, -0.2) is 11.0 Å². The van der Waals surface area contributed by atoms with E-state index in [4.69, 9.17) is 0 Å². The van der Waals surface area contributed by atoms with Crippen molar-refractivity contribution in [2.45, 2.75) is 45.6 Å². The van der Waals surface area contributed by atoms with Gasteiger partial charge in [0.25, 0.3) is 0 Å². The van der Waals surface area contributed by atoms with Crippen LogP contribution in [0.3, 0.4) is 0 Å². The maximum Gasteiger partial charge on any atom is 0.212 e. The Morgan fingerprint density at radius 2 is 2.19 bits per heavy atom. The summed E-state index contributed by atoms with van der Waals surface area (Å²) in [5.74, 6) is -0.423. The normalized spacial score (nSPS) is 24.1. The fourth-order valence-electron chi connectivity index (χ4n) is 2.42. The van der Waals surface area contributed by atoms with Gasteiger partial charge in [-0.1, -0.05) is 26.7 Å². The fraction of sp³-hybridized carbons (Fsp3) is 0.615. The summed E-state index contributed by atoms with van der Waals surface area (Å²) in [6, 6.07) is 3.62. The SMILES string of the molecule is CC1(C)CCCCC1Nc1ccc(F)nc1. The van der Waals surface area contributed by atoms with Crippen LogP contribution >= 0.6 is 0 Å². The zero-order valence-corrected chi connectivity index (χ0v) is 9.96. The number of nitrogens with zero attached hydrogens (tertiary/aromatic N) is 1. The molecule has 1 aromatic rings. The van der Waals surface area contributed by atoms with E-state index in [0.29, 0.717) is 11.5 Å². The predicted octanol–water partition coefficient (Wildman–Crippen LogP) is 3.60. The van der Waals surface area contributed by atoms with Crippen LogP contribution in [-0.2, 0) is 0 Å². The Morgan fingerprint density at radius 3 is 2.81 bits per heavy atom. The highest BCUT2D eigenvalue weighted by Crippen LogP contribution is 2.37. The van der Waals surface area contributed by atoms with Crippen molar-refractivity contribution in [2.75, 3.05) is 5.32 Å². The number of anilines is 1. The van der Waals surface area contributed by atoms with Crippen LogP contribution in [0.15, 0.2) is 18.3 Å². The minimum atomic E-state index is -0.423. The largest absolute Gasteiger partial charge is 0.381 e. The van der Waals surface area contributed by atoms with E-state index in [1.165, 1.54) is 31.7 Å². The van der Waals surface area contributed by atoms with Crippen LogP contribution in [0.2, 0.25) is 0 Å². The van der Waals surface area contributed by atoms with Crippen molar-refractivity contribution in [1.82, 2.24) is 4.98 Å². The molecule has 1 atom stereocenters. The monoisotopic (exact) mass is 222 g/mol. The summed E-state index contributed by atoms with van der Waals surface area (Å²) in [6.07, 6.45) is 6.59. The summed E-state index contributed by atoms with van der Waals surface area (Å²) in [6.45, 7) is 4.58. The molecule has 1 aromatic heterocycles. The molecule has 1 heterocycles. The molecule has 1 aliphatic rings. The lowest BCUT2D eigenvalue weighted by atomic mass is 9.73. The molecule has 1 fully saturated rings. The second-order valence-corrected chi connectivity index (χ2v) is 5.30. The number of pyridine rings is 1. The molecule has 1 aliphatic carbocycles. The summed E-state index contributed by atoms with van der Waals surface area (Å²) in [5, 5.41) is 3.47. The number of halogens is 1. The van der Waals surface area contributed by atoms with Crippen LogP contribution in [0.5, 0.6) is 0 Å². The molecule has 0 radical (unpaired) electrons. The molecule has 2 rings (SSSR count). The van der Waals surface area contributed by atoms with Crippen molar-refractivity contribution in [3.05, 3.63) is 24.3 Å². The molecular formula is C13H19FN2.